The number of nitrogens with zero attached hydrogens (tertiary/aromatic N) is 2. The number of nitrogens with one attached hydrogen (secondary N) is 1. The van der Waals surface area contributed by atoms with Crippen molar-refractivity contribution in [1.82, 2.24) is 9.97 Å². The molecular formula is C11H10ClN3S. The normalized spacial score (nSPS) is 11.4. The van der Waals surface area contributed by atoms with E-state index in [1.54, 1.807) is 6.20 Å². The molecule has 16 heavy (non-hydrogen) atoms. The third kappa shape index (κ3) is 1.97. The average Bonchev–Trinajstić information content (AvgIpc) is 2.85. The summed E-state index contributed by atoms with van der Waals surface area (Å²) in [6, 6.07) is 5.99. The summed E-state index contributed by atoms with van der Waals surface area (Å²) in [6.07, 6.45) is 1.73. The SMILES string of the molecule is CC(C)(C#N)c1ncc(-c2ccc(Cl)s2)[nH]1. The molecule has 2 rings (SSSR count). The summed E-state index contributed by atoms with van der Waals surface area (Å²) in [5.41, 5.74) is 0.300. The van der Waals surface area contributed by atoms with Crippen LogP contribution in [0.2, 0.25) is 4.34 Å². The van der Waals surface area contributed by atoms with E-state index in [1.807, 2.05) is 26.0 Å². The molecule has 0 saturated heterocycles. The van der Waals surface area contributed by atoms with Gasteiger partial charge < -0.3 is 4.98 Å². The lowest BCUT2D eigenvalue weighted by Crippen LogP contribution is -2.15. The topological polar surface area (TPSA) is 52.5 Å². The molecule has 1 N–H and O–H groups in total. The highest BCUT2D eigenvalue weighted by atomic mass is 35.5. The monoisotopic (exact) mass is 251 g/mol. The summed E-state index contributed by atoms with van der Waals surface area (Å²) in [5.74, 6) is 0.675. The third-order valence-corrected chi connectivity index (χ3v) is 3.55. The predicted molar refractivity (Wildman–Crippen MR) is 65.5 cm³/mol. The van der Waals surface area contributed by atoms with Gasteiger partial charge in [-0.1, -0.05) is 11.6 Å². The molecule has 0 aromatic carbocycles. The van der Waals surface area contributed by atoms with Gasteiger partial charge in [-0.05, 0) is 26.0 Å². The van der Waals surface area contributed by atoms with E-state index in [0.717, 1.165) is 14.9 Å². The summed E-state index contributed by atoms with van der Waals surface area (Å²) in [6.45, 7) is 3.66. The van der Waals surface area contributed by atoms with Gasteiger partial charge in [0.05, 0.1) is 27.2 Å². The number of imidazole rings is 1. The molecule has 82 valence electrons. The first-order valence-corrected chi connectivity index (χ1v) is 5.95. The Kier molecular flexibility index (Phi) is 2.75. The van der Waals surface area contributed by atoms with Crippen molar-refractivity contribution in [3.05, 3.63) is 28.5 Å². The number of halogens is 1. The van der Waals surface area contributed by atoms with Crippen molar-refractivity contribution in [2.45, 2.75) is 19.3 Å². The zero-order valence-corrected chi connectivity index (χ0v) is 10.5. The molecule has 0 fully saturated rings. The lowest BCUT2D eigenvalue weighted by Gasteiger charge is -2.10. The number of nitriles is 1. The molecule has 0 saturated carbocycles. The van der Waals surface area contributed by atoms with Gasteiger partial charge in [-0.25, -0.2) is 4.98 Å². The van der Waals surface area contributed by atoms with Gasteiger partial charge in [0, 0.05) is 0 Å². The Morgan fingerprint density at radius 1 is 1.50 bits per heavy atom. The molecule has 0 aliphatic rings. The number of hydrogen-bond donors (Lipinski definition) is 1. The van der Waals surface area contributed by atoms with Gasteiger partial charge in [-0.2, -0.15) is 5.26 Å². The van der Waals surface area contributed by atoms with Crippen molar-refractivity contribution in [2.24, 2.45) is 0 Å². The van der Waals surface area contributed by atoms with Crippen molar-refractivity contribution in [2.75, 3.05) is 0 Å². The summed E-state index contributed by atoms with van der Waals surface area (Å²) in [4.78, 5) is 8.41. The predicted octanol–water partition coefficient (Wildman–Crippen LogP) is 3.59. The molecule has 5 heteroatoms. The Bertz CT molecular complexity index is 548. The van der Waals surface area contributed by atoms with Crippen LogP contribution in [0.15, 0.2) is 18.3 Å². The van der Waals surface area contributed by atoms with Crippen LogP contribution in [0.5, 0.6) is 0 Å². The van der Waals surface area contributed by atoms with E-state index in [2.05, 4.69) is 16.0 Å². The Morgan fingerprint density at radius 2 is 2.25 bits per heavy atom. The van der Waals surface area contributed by atoms with Crippen LogP contribution in [0.25, 0.3) is 10.6 Å². The average molecular weight is 252 g/mol. The number of aromatic amines is 1. The van der Waals surface area contributed by atoms with E-state index < -0.39 is 5.41 Å². The van der Waals surface area contributed by atoms with Gasteiger partial charge in [0.25, 0.3) is 0 Å². The summed E-state index contributed by atoms with van der Waals surface area (Å²) < 4.78 is 0.741. The highest BCUT2D eigenvalue weighted by molar-refractivity contribution is 7.19. The lowest BCUT2D eigenvalue weighted by atomic mass is 9.95. The summed E-state index contributed by atoms with van der Waals surface area (Å²) in [7, 11) is 0. The fourth-order valence-electron chi connectivity index (χ4n) is 1.28. The second-order valence-corrected chi connectivity index (χ2v) is 5.70. The van der Waals surface area contributed by atoms with Gasteiger partial charge in [-0.3, -0.25) is 0 Å². The van der Waals surface area contributed by atoms with Crippen LogP contribution in [-0.2, 0) is 5.41 Å². The van der Waals surface area contributed by atoms with Crippen molar-refractivity contribution >= 4 is 22.9 Å². The molecular weight excluding hydrogens is 242 g/mol. The highest BCUT2D eigenvalue weighted by Gasteiger charge is 2.23. The maximum atomic E-state index is 9.00. The number of rotatable bonds is 2. The summed E-state index contributed by atoms with van der Waals surface area (Å²) >= 11 is 7.35. The number of thiophene rings is 1. The smallest absolute Gasteiger partial charge is 0.126 e. The molecule has 0 bridgehead atoms. The minimum atomic E-state index is -0.598. The van der Waals surface area contributed by atoms with Gasteiger partial charge in [0.15, 0.2) is 0 Å². The van der Waals surface area contributed by atoms with Gasteiger partial charge >= 0.3 is 0 Å². The van der Waals surface area contributed by atoms with E-state index >= 15 is 0 Å². The molecule has 0 atom stereocenters. The Morgan fingerprint density at radius 3 is 2.81 bits per heavy atom. The molecule has 0 aliphatic heterocycles. The van der Waals surface area contributed by atoms with E-state index in [0.29, 0.717) is 5.82 Å². The Hall–Kier alpha value is -1.31. The van der Waals surface area contributed by atoms with Crippen LogP contribution in [0, 0.1) is 11.3 Å². The molecule has 2 aromatic heterocycles. The van der Waals surface area contributed by atoms with E-state index in [1.165, 1.54) is 11.3 Å². The molecule has 0 aliphatic carbocycles. The standard InChI is InChI=1S/C11H10ClN3S/c1-11(2,6-13)10-14-5-7(15-10)8-3-4-9(12)16-8/h3-5H,1-2H3,(H,14,15). The van der Waals surface area contributed by atoms with E-state index in [-0.39, 0.29) is 0 Å². The molecule has 0 radical (unpaired) electrons. The van der Waals surface area contributed by atoms with Gasteiger partial charge in [0.1, 0.15) is 11.2 Å². The van der Waals surface area contributed by atoms with Crippen molar-refractivity contribution in [1.29, 1.82) is 5.26 Å². The fourth-order valence-corrected chi connectivity index (χ4v) is 2.28. The van der Waals surface area contributed by atoms with Crippen molar-refractivity contribution < 1.29 is 0 Å². The van der Waals surface area contributed by atoms with Crippen LogP contribution in [-0.4, -0.2) is 9.97 Å². The Balaban J connectivity index is 2.38. The van der Waals surface area contributed by atoms with Crippen LogP contribution in [0.1, 0.15) is 19.7 Å². The molecule has 2 aromatic rings. The van der Waals surface area contributed by atoms with Gasteiger partial charge in [0.2, 0.25) is 0 Å². The molecule has 3 nitrogen and oxygen atoms in total. The minimum absolute atomic E-state index is 0.598. The van der Waals surface area contributed by atoms with E-state index in [4.69, 9.17) is 16.9 Å². The van der Waals surface area contributed by atoms with Crippen LogP contribution >= 0.6 is 22.9 Å². The number of aromatic nitrogens is 2. The maximum Gasteiger partial charge on any atom is 0.126 e. The third-order valence-electron chi connectivity index (χ3n) is 2.29. The largest absolute Gasteiger partial charge is 0.340 e. The molecule has 0 amide bonds. The molecule has 2 heterocycles. The quantitative estimate of drug-likeness (QED) is 0.887. The fraction of sp³-hybridized carbons (Fsp3) is 0.273. The van der Waals surface area contributed by atoms with Crippen molar-refractivity contribution in [3.63, 3.8) is 0 Å². The van der Waals surface area contributed by atoms with Crippen LogP contribution < -0.4 is 0 Å². The first-order chi connectivity index (χ1) is 7.53. The summed E-state index contributed by atoms with van der Waals surface area (Å²) in [5, 5.41) is 9.00. The first kappa shape index (κ1) is 11.2. The van der Waals surface area contributed by atoms with Gasteiger partial charge in [-0.15, -0.1) is 11.3 Å². The van der Waals surface area contributed by atoms with Crippen LogP contribution in [0.3, 0.4) is 0 Å². The van der Waals surface area contributed by atoms with E-state index in [9.17, 15) is 0 Å². The first-order valence-electron chi connectivity index (χ1n) is 4.75. The zero-order chi connectivity index (χ0) is 11.8. The number of hydrogen-bond acceptors (Lipinski definition) is 3. The lowest BCUT2D eigenvalue weighted by molar-refractivity contribution is 0.640. The van der Waals surface area contributed by atoms with Crippen LogP contribution in [0.4, 0.5) is 0 Å². The second-order valence-electron chi connectivity index (χ2n) is 3.99. The second kappa shape index (κ2) is 3.93. The highest BCUT2D eigenvalue weighted by Crippen LogP contribution is 2.31. The molecule has 0 spiro atoms. The number of H-pyrrole nitrogens is 1. The molecule has 0 unspecified atom stereocenters. The minimum Gasteiger partial charge on any atom is -0.340 e. The Labute approximate surface area is 103 Å². The zero-order valence-electron chi connectivity index (χ0n) is 8.91. The van der Waals surface area contributed by atoms with Crippen molar-refractivity contribution in [3.8, 4) is 16.6 Å². The maximum absolute atomic E-state index is 9.00.